The van der Waals surface area contributed by atoms with Gasteiger partial charge in [-0.1, -0.05) is 11.6 Å². The number of rotatable bonds is 0. The summed E-state index contributed by atoms with van der Waals surface area (Å²) in [6.07, 6.45) is 1.92. The molecule has 0 heterocycles. The van der Waals surface area contributed by atoms with Gasteiger partial charge in [0.25, 0.3) is 0 Å². The Balaban J connectivity index is 3.24. The fourth-order valence-electron chi connectivity index (χ4n) is 0.167. The highest BCUT2D eigenvalue weighted by Gasteiger charge is 1.45. The first kappa shape index (κ1) is 5.73. The SMILES string of the molecule is [SiH3]C#CC=C[SiH3]. The van der Waals surface area contributed by atoms with Crippen molar-refractivity contribution >= 4 is 20.5 Å². The highest BCUT2D eigenvalue weighted by molar-refractivity contribution is 6.22. The van der Waals surface area contributed by atoms with Gasteiger partial charge in [-0.15, -0.1) is 5.54 Å². The maximum Gasteiger partial charge on any atom is 0.0911 e. The minimum absolute atomic E-state index is 1.01. The molecule has 0 aromatic carbocycles. The lowest BCUT2D eigenvalue weighted by Gasteiger charge is -1.56. The van der Waals surface area contributed by atoms with Gasteiger partial charge in [-0.05, 0) is 6.08 Å². The summed E-state index contributed by atoms with van der Waals surface area (Å²) >= 11 is 0. The van der Waals surface area contributed by atoms with Crippen LogP contribution >= 0.6 is 0 Å². The number of allylic oxidation sites excluding steroid dienone is 1. The third-order valence-corrected chi connectivity index (χ3v) is 1.02. The molecular formula is C4H8Si2. The van der Waals surface area contributed by atoms with E-state index in [0.29, 0.717) is 0 Å². The van der Waals surface area contributed by atoms with Crippen LogP contribution in [0.2, 0.25) is 0 Å². The molecule has 0 aromatic rings. The van der Waals surface area contributed by atoms with Crippen molar-refractivity contribution < 1.29 is 0 Å². The van der Waals surface area contributed by atoms with Crippen LogP contribution in [-0.2, 0) is 0 Å². The molecule has 0 unspecified atom stereocenters. The van der Waals surface area contributed by atoms with E-state index < -0.39 is 0 Å². The highest BCUT2D eigenvalue weighted by atomic mass is 28.1. The molecule has 0 aliphatic heterocycles. The Bertz CT molecular complexity index is 93.9. The van der Waals surface area contributed by atoms with Crippen LogP contribution in [0, 0.1) is 11.5 Å². The zero-order valence-electron chi connectivity index (χ0n) is 4.15. The summed E-state index contributed by atoms with van der Waals surface area (Å²) in [5.74, 6) is 2.86. The molecule has 0 fully saturated rings. The molecule has 2 heteroatoms. The second-order valence-corrected chi connectivity index (χ2v) is 2.06. The topological polar surface area (TPSA) is 0 Å². The molecule has 0 aliphatic rings. The maximum atomic E-state index is 2.89. The molecule has 0 saturated carbocycles. The second kappa shape index (κ2) is 4.73. The van der Waals surface area contributed by atoms with E-state index in [1.807, 2.05) is 6.08 Å². The summed E-state index contributed by atoms with van der Waals surface area (Å²) in [7, 11) is 2.14. The molecule has 6 heavy (non-hydrogen) atoms. The summed E-state index contributed by atoms with van der Waals surface area (Å²) in [4.78, 5) is 0. The fourth-order valence-corrected chi connectivity index (χ4v) is 0.500. The Morgan fingerprint density at radius 3 is 2.33 bits per heavy atom. The molecular weight excluding hydrogens is 104 g/mol. The van der Waals surface area contributed by atoms with Crippen molar-refractivity contribution in [2.75, 3.05) is 0 Å². The lowest BCUT2D eigenvalue weighted by Crippen LogP contribution is -1.51. The Hall–Kier alpha value is -0.266. The first-order valence-corrected chi connectivity index (χ1v) is 4.10. The highest BCUT2D eigenvalue weighted by Crippen LogP contribution is 1.55. The summed E-state index contributed by atoms with van der Waals surface area (Å²) in [5.41, 5.74) is 4.97. The van der Waals surface area contributed by atoms with Crippen LogP contribution < -0.4 is 0 Å². The Labute approximate surface area is 44.5 Å². The molecule has 0 spiro atoms. The van der Waals surface area contributed by atoms with Gasteiger partial charge in [0.15, 0.2) is 0 Å². The zero-order chi connectivity index (χ0) is 4.83. The molecule has 0 aliphatic carbocycles. The van der Waals surface area contributed by atoms with E-state index >= 15 is 0 Å². The van der Waals surface area contributed by atoms with Crippen molar-refractivity contribution in [3.63, 3.8) is 0 Å². The van der Waals surface area contributed by atoms with E-state index in [9.17, 15) is 0 Å². The third-order valence-electron chi connectivity index (χ3n) is 0.394. The van der Waals surface area contributed by atoms with Gasteiger partial charge >= 0.3 is 0 Å². The largest absolute Gasteiger partial charge is 0.139 e. The van der Waals surface area contributed by atoms with Crippen LogP contribution in [0.25, 0.3) is 0 Å². The van der Waals surface area contributed by atoms with Gasteiger partial charge in [-0.3, -0.25) is 0 Å². The minimum atomic E-state index is 1.01. The van der Waals surface area contributed by atoms with Gasteiger partial charge in [0, 0.05) is 10.2 Å². The minimum Gasteiger partial charge on any atom is -0.139 e. The van der Waals surface area contributed by atoms with Crippen molar-refractivity contribution in [3.8, 4) is 11.5 Å². The first-order valence-electron chi connectivity index (χ1n) is 1.95. The smallest absolute Gasteiger partial charge is 0.0911 e. The quantitative estimate of drug-likeness (QED) is 0.256. The summed E-state index contributed by atoms with van der Waals surface area (Å²) in [5, 5.41) is 0. The Kier molecular flexibility index (Phi) is 4.52. The molecule has 0 aromatic heterocycles. The van der Waals surface area contributed by atoms with Gasteiger partial charge in [0.2, 0.25) is 0 Å². The van der Waals surface area contributed by atoms with Crippen molar-refractivity contribution in [2.24, 2.45) is 0 Å². The number of hydrogen-bond donors (Lipinski definition) is 0. The molecule has 0 amide bonds. The Morgan fingerprint density at radius 2 is 2.17 bits per heavy atom. The molecule has 0 radical (unpaired) electrons. The standard InChI is InChI=1S/C4H8Si2/c5-3-1-2-4-6/h1,3H,5-6H3. The molecule has 32 valence electrons. The van der Waals surface area contributed by atoms with E-state index in [1.54, 1.807) is 0 Å². The van der Waals surface area contributed by atoms with Crippen LogP contribution in [0.5, 0.6) is 0 Å². The molecule has 0 rings (SSSR count). The van der Waals surface area contributed by atoms with Gasteiger partial charge in [-0.2, -0.15) is 0 Å². The predicted molar refractivity (Wildman–Crippen MR) is 36.8 cm³/mol. The van der Waals surface area contributed by atoms with Crippen LogP contribution in [0.3, 0.4) is 0 Å². The second-order valence-electron chi connectivity index (χ2n) is 0.894. The van der Waals surface area contributed by atoms with Crippen molar-refractivity contribution in [1.29, 1.82) is 0 Å². The third kappa shape index (κ3) is 3.73. The van der Waals surface area contributed by atoms with Crippen LogP contribution in [0.4, 0.5) is 0 Å². The van der Waals surface area contributed by atoms with Crippen LogP contribution in [-0.4, -0.2) is 20.5 Å². The van der Waals surface area contributed by atoms with E-state index in [1.165, 1.54) is 0 Å². The normalized spacial score (nSPS) is 8.67. The van der Waals surface area contributed by atoms with E-state index in [2.05, 4.69) is 17.2 Å². The van der Waals surface area contributed by atoms with Gasteiger partial charge in [0.1, 0.15) is 0 Å². The van der Waals surface area contributed by atoms with Crippen LogP contribution in [0.1, 0.15) is 0 Å². The molecule has 0 atom stereocenters. The molecule has 0 bridgehead atoms. The monoisotopic (exact) mass is 112 g/mol. The first-order chi connectivity index (χ1) is 2.91. The fraction of sp³-hybridized carbons (Fsp3) is 0. The van der Waals surface area contributed by atoms with Crippen molar-refractivity contribution in [2.45, 2.75) is 0 Å². The molecule has 0 nitrogen and oxygen atoms in total. The average molecular weight is 112 g/mol. The predicted octanol–water partition coefficient (Wildman–Crippen LogP) is -1.81. The van der Waals surface area contributed by atoms with Gasteiger partial charge in [0.05, 0.1) is 10.2 Å². The van der Waals surface area contributed by atoms with Crippen molar-refractivity contribution in [3.05, 3.63) is 11.8 Å². The van der Waals surface area contributed by atoms with Crippen LogP contribution in [0.15, 0.2) is 11.8 Å². The zero-order valence-corrected chi connectivity index (χ0v) is 8.15. The van der Waals surface area contributed by atoms with Crippen molar-refractivity contribution in [1.82, 2.24) is 0 Å². The summed E-state index contributed by atoms with van der Waals surface area (Å²) in [6.45, 7) is 0. The average Bonchev–Trinajstić information content (AvgIpc) is 1.61. The summed E-state index contributed by atoms with van der Waals surface area (Å²) < 4.78 is 0. The Morgan fingerprint density at radius 1 is 1.50 bits per heavy atom. The molecule has 0 N–H and O–H groups in total. The van der Waals surface area contributed by atoms with Gasteiger partial charge in [-0.25, -0.2) is 0 Å². The summed E-state index contributed by atoms with van der Waals surface area (Å²) in [6, 6.07) is 0. The maximum absolute atomic E-state index is 2.89. The number of hydrogen-bond acceptors (Lipinski definition) is 0. The van der Waals surface area contributed by atoms with E-state index in [-0.39, 0.29) is 0 Å². The lowest BCUT2D eigenvalue weighted by atomic mass is 10.7. The van der Waals surface area contributed by atoms with E-state index in [4.69, 9.17) is 0 Å². The lowest BCUT2D eigenvalue weighted by molar-refractivity contribution is 2.27. The van der Waals surface area contributed by atoms with Gasteiger partial charge < -0.3 is 0 Å². The molecule has 0 saturated heterocycles. The van der Waals surface area contributed by atoms with E-state index in [0.717, 1.165) is 20.5 Å².